The number of nitrogens with zero attached hydrogens (tertiary/aromatic N) is 3. The maximum Gasteiger partial charge on any atom is 0.417 e. The van der Waals surface area contributed by atoms with Crippen LogP contribution in [0.15, 0.2) is 30.9 Å². The number of benzene rings is 1. The number of halogens is 3. The molecule has 126 valence electrons. The van der Waals surface area contributed by atoms with Gasteiger partial charge in [-0.05, 0) is 32.0 Å². The Morgan fingerprint density at radius 1 is 1.33 bits per heavy atom. The fourth-order valence-electron chi connectivity index (χ4n) is 2.50. The van der Waals surface area contributed by atoms with E-state index in [4.69, 9.17) is 5.26 Å². The number of nitriles is 1. The first-order valence-electron chi connectivity index (χ1n) is 6.94. The number of urea groups is 1. The molecule has 0 radical (unpaired) electrons. The van der Waals surface area contributed by atoms with Crippen LogP contribution in [0.5, 0.6) is 0 Å². The molecule has 8 heteroatoms. The van der Waals surface area contributed by atoms with Crippen LogP contribution in [0.1, 0.15) is 25.0 Å². The second-order valence-electron chi connectivity index (χ2n) is 5.72. The van der Waals surface area contributed by atoms with Crippen LogP contribution < -0.4 is 4.90 Å². The molecule has 0 saturated carbocycles. The summed E-state index contributed by atoms with van der Waals surface area (Å²) in [7, 11) is 0. The summed E-state index contributed by atoms with van der Waals surface area (Å²) in [5.74, 6) is -0.646. The van der Waals surface area contributed by atoms with Crippen LogP contribution in [0.2, 0.25) is 0 Å². The second kappa shape index (κ2) is 5.67. The molecule has 1 aromatic carbocycles. The van der Waals surface area contributed by atoms with Crippen LogP contribution in [-0.4, -0.2) is 28.9 Å². The highest BCUT2D eigenvalue weighted by Gasteiger charge is 2.51. The number of amides is 3. The summed E-state index contributed by atoms with van der Waals surface area (Å²) in [5, 5.41) is 8.82. The third-order valence-electron chi connectivity index (χ3n) is 3.82. The standard InChI is InChI=1S/C16H14F3N3O2/c1-4-7-21-14(24)22(13(23)15(21,2)3)11-6-5-10(9-20)12(8-11)16(17,18)19/h4-6,8H,1,7H2,2-3H3. The predicted octanol–water partition coefficient (Wildman–Crippen LogP) is 3.31. The SMILES string of the molecule is C=CCN1C(=O)N(c2ccc(C#N)c(C(F)(F)F)c2)C(=O)C1(C)C. The Labute approximate surface area is 136 Å². The number of alkyl halides is 3. The molecule has 2 rings (SSSR count). The van der Waals surface area contributed by atoms with Gasteiger partial charge in [0.25, 0.3) is 5.91 Å². The number of carbonyl (C=O) groups is 2. The first-order chi connectivity index (χ1) is 11.1. The lowest BCUT2D eigenvalue weighted by atomic mass is 10.0. The number of imide groups is 1. The van der Waals surface area contributed by atoms with Gasteiger partial charge in [0.2, 0.25) is 0 Å². The molecule has 1 aliphatic heterocycles. The van der Waals surface area contributed by atoms with E-state index in [1.165, 1.54) is 30.9 Å². The quantitative estimate of drug-likeness (QED) is 0.628. The van der Waals surface area contributed by atoms with Crippen molar-refractivity contribution in [3.8, 4) is 6.07 Å². The molecule has 0 aromatic heterocycles. The van der Waals surface area contributed by atoms with E-state index >= 15 is 0 Å². The molecule has 1 aliphatic rings. The zero-order chi connectivity index (χ0) is 18.3. The van der Waals surface area contributed by atoms with Gasteiger partial charge >= 0.3 is 12.2 Å². The molecule has 0 N–H and O–H groups in total. The normalized spacial score (nSPS) is 17.2. The lowest BCUT2D eigenvalue weighted by Crippen LogP contribution is -2.44. The van der Waals surface area contributed by atoms with Gasteiger partial charge < -0.3 is 4.90 Å². The van der Waals surface area contributed by atoms with E-state index in [2.05, 4.69) is 6.58 Å². The molecule has 1 heterocycles. The van der Waals surface area contributed by atoms with E-state index in [0.29, 0.717) is 11.0 Å². The molecule has 1 fully saturated rings. The minimum atomic E-state index is -4.77. The topological polar surface area (TPSA) is 64.4 Å². The summed E-state index contributed by atoms with van der Waals surface area (Å²) in [4.78, 5) is 26.9. The van der Waals surface area contributed by atoms with Crippen LogP contribution in [-0.2, 0) is 11.0 Å². The van der Waals surface area contributed by atoms with Crippen molar-refractivity contribution in [1.29, 1.82) is 5.26 Å². The lowest BCUT2D eigenvalue weighted by Gasteiger charge is -2.26. The molecule has 0 bridgehead atoms. The highest BCUT2D eigenvalue weighted by molar-refractivity contribution is 6.23. The van der Waals surface area contributed by atoms with Crippen molar-refractivity contribution < 1.29 is 22.8 Å². The highest BCUT2D eigenvalue weighted by Crippen LogP contribution is 2.37. The Morgan fingerprint density at radius 2 is 1.96 bits per heavy atom. The van der Waals surface area contributed by atoms with Crippen LogP contribution in [0.3, 0.4) is 0 Å². The van der Waals surface area contributed by atoms with E-state index in [-0.39, 0.29) is 12.2 Å². The Morgan fingerprint density at radius 3 is 2.46 bits per heavy atom. The number of rotatable bonds is 3. The smallest absolute Gasteiger partial charge is 0.306 e. The summed E-state index contributed by atoms with van der Waals surface area (Å²) < 4.78 is 39.2. The molecule has 5 nitrogen and oxygen atoms in total. The van der Waals surface area contributed by atoms with E-state index in [0.717, 1.165) is 12.1 Å². The molecule has 0 aliphatic carbocycles. The highest BCUT2D eigenvalue weighted by atomic mass is 19.4. The largest absolute Gasteiger partial charge is 0.417 e. The fourth-order valence-corrected chi connectivity index (χ4v) is 2.50. The van der Waals surface area contributed by atoms with Gasteiger partial charge in [-0.3, -0.25) is 4.79 Å². The second-order valence-corrected chi connectivity index (χ2v) is 5.72. The fraction of sp³-hybridized carbons (Fsp3) is 0.312. The van der Waals surface area contributed by atoms with Gasteiger partial charge in [0.15, 0.2) is 0 Å². The maximum absolute atomic E-state index is 13.1. The molecule has 0 unspecified atom stereocenters. The monoisotopic (exact) mass is 337 g/mol. The van der Waals surface area contributed by atoms with E-state index < -0.39 is 34.8 Å². The summed E-state index contributed by atoms with van der Waals surface area (Å²) in [6.07, 6.45) is -3.35. The molecule has 0 spiro atoms. The first kappa shape index (κ1) is 17.5. The molecule has 1 saturated heterocycles. The zero-order valence-electron chi connectivity index (χ0n) is 13.0. The van der Waals surface area contributed by atoms with Gasteiger partial charge in [-0.2, -0.15) is 18.4 Å². The van der Waals surface area contributed by atoms with Crippen LogP contribution in [0.25, 0.3) is 0 Å². The average Bonchev–Trinajstić information content (AvgIpc) is 2.66. The molecule has 1 aromatic rings. The predicted molar refractivity (Wildman–Crippen MR) is 80.0 cm³/mol. The Balaban J connectivity index is 2.57. The first-order valence-corrected chi connectivity index (χ1v) is 6.94. The van der Waals surface area contributed by atoms with Gasteiger partial charge in [0, 0.05) is 6.54 Å². The van der Waals surface area contributed by atoms with Crippen molar-refractivity contribution in [1.82, 2.24) is 4.90 Å². The minimum Gasteiger partial charge on any atom is -0.306 e. The van der Waals surface area contributed by atoms with Crippen molar-refractivity contribution in [2.75, 3.05) is 11.4 Å². The van der Waals surface area contributed by atoms with Crippen LogP contribution in [0.4, 0.5) is 23.7 Å². The van der Waals surface area contributed by atoms with Gasteiger partial charge in [-0.15, -0.1) is 6.58 Å². The number of anilines is 1. The average molecular weight is 337 g/mol. The zero-order valence-corrected chi connectivity index (χ0v) is 13.0. The van der Waals surface area contributed by atoms with Crippen LogP contribution in [0, 0.1) is 11.3 Å². The van der Waals surface area contributed by atoms with Gasteiger partial charge in [-0.25, -0.2) is 9.69 Å². The van der Waals surface area contributed by atoms with E-state index in [1.54, 1.807) is 0 Å². The van der Waals surface area contributed by atoms with Crippen molar-refractivity contribution in [2.45, 2.75) is 25.6 Å². The minimum absolute atomic E-state index is 0.0798. The molecular weight excluding hydrogens is 323 g/mol. The molecule has 3 amide bonds. The maximum atomic E-state index is 13.1. The summed E-state index contributed by atoms with van der Waals surface area (Å²) in [6, 6.07) is 3.46. The Kier molecular flexibility index (Phi) is 4.14. The number of hydrogen-bond acceptors (Lipinski definition) is 3. The summed E-state index contributed by atoms with van der Waals surface area (Å²) in [6.45, 7) is 6.60. The molecular formula is C16H14F3N3O2. The van der Waals surface area contributed by atoms with E-state index in [1.807, 2.05) is 0 Å². The summed E-state index contributed by atoms with van der Waals surface area (Å²) >= 11 is 0. The van der Waals surface area contributed by atoms with Crippen LogP contribution >= 0.6 is 0 Å². The van der Waals surface area contributed by atoms with Gasteiger partial charge in [-0.1, -0.05) is 6.08 Å². The number of hydrogen-bond donors (Lipinski definition) is 0. The summed E-state index contributed by atoms with van der Waals surface area (Å²) in [5.41, 5.74) is -3.20. The third kappa shape index (κ3) is 2.62. The Hall–Kier alpha value is -2.82. The van der Waals surface area contributed by atoms with Gasteiger partial charge in [0.1, 0.15) is 5.54 Å². The van der Waals surface area contributed by atoms with Crippen molar-refractivity contribution >= 4 is 17.6 Å². The van der Waals surface area contributed by atoms with Gasteiger partial charge in [0.05, 0.1) is 22.9 Å². The Bertz CT molecular complexity index is 763. The van der Waals surface area contributed by atoms with Crippen molar-refractivity contribution in [3.63, 3.8) is 0 Å². The van der Waals surface area contributed by atoms with E-state index in [9.17, 15) is 22.8 Å². The lowest BCUT2D eigenvalue weighted by molar-refractivity contribution is -0.137. The third-order valence-corrected chi connectivity index (χ3v) is 3.82. The van der Waals surface area contributed by atoms with Crippen molar-refractivity contribution in [2.24, 2.45) is 0 Å². The van der Waals surface area contributed by atoms with Crippen molar-refractivity contribution in [3.05, 3.63) is 42.0 Å². The number of carbonyl (C=O) groups excluding carboxylic acids is 2. The molecule has 0 atom stereocenters. The molecule has 24 heavy (non-hydrogen) atoms.